The Bertz CT molecular complexity index is 1050. The summed E-state index contributed by atoms with van der Waals surface area (Å²) >= 11 is 0. The molecule has 1 N–H and O–H groups in total. The van der Waals surface area contributed by atoms with Crippen molar-refractivity contribution in [3.05, 3.63) is 84.6 Å². The lowest BCUT2D eigenvalue weighted by molar-refractivity contribution is -0.124. The van der Waals surface area contributed by atoms with E-state index in [2.05, 4.69) is 5.32 Å². The number of urea groups is 1. The number of imide groups is 1. The monoisotopic (exact) mass is 407 g/mol. The summed E-state index contributed by atoms with van der Waals surface area (Å²) in [4.78, 5) is 41.1. The van der Waals surface area contributed by atoms with E-state index in [1.54, 1.807) is 42.5 Å². The van der Waals surface area contributed by atoms with Gasteiger partial charge in [-0.25, -0.2) is 14.1 Å². The molecule has 7 nitrogen and oxygen atoms in total. The quantitative estimate of drug-likeness (QED) is 0.631. The number of hydrogen-bond donors (Lipinski definition) is 1. The molecule has 0 bridgehead atoms. The van der Waals surface area contributed by atoms with E-state index in [0.717, 1.165) is 4.90 Å². The lowest BCUT2D eigenvalue weighted by Gasteiger charge is -2.20. The van der Waals surface area contributed by atoms with Gasteiger partial charge in [0.05, 0.1) is 24.9 Å². The number of carbonyl (C=O) groups is 3. The van der Waals surface area contributed by atoms with E-state index in [9.17, 15) is 18.8 Å². The van der Waals surface area contributed by atoms with Crippen molar-refractivity contribution in [1.29, 1.82) is 0 Å². The minimum absolute atomic E-state index is 0.0510. The lowest BCUT2D eigenvalue weighted by Crippen LogP contribution is -2.37. The SMILES string of the molecule is O=C(CC1C(=O)N(c2ccccc2)C(=O)N1Cc1ccco1)Nc1ccc(F)cc1. The highest BCUT2D eigenvalue weighted by Crippen LogP contribution is 2.28. The predicted molar refractivity (Wildman–Crippen MR) is 107 cm³/mol. The van der Waals surface area contributed by atoms with Gasteiger partial charge in [-0.2, -0.15) is 0 Å². The molecule has 1 atom stereocenters. The van der Waals surface area contributed by atoms with Crippen LogP contribution in [-0.4, -0.2) is 28.8 Å². The van der Waals surface area contributed by atoms with Crippen molar-refractivity contribution < 1.29 is 23.2 Å². The maximum atomic E-state index is 13.1. The van der Waals surface area contributed by atoms with Crippen LogP contribution in [0.4, 0.5) is 20.6 Å². The minimum Gasteiger partial charge on any atom is -0.467 e. The number of amides is 4. The van der Waals surface area contributed by atoms with Crippen molar-refractivity contribution >= 4 is 29.2 Å². The standard InChI is InChI=1S/C22H18FN3O4/c23-15-8-10-16(11-9-15)24-20(27)13-19-21(28)26(17-5-2-1-3-6-17)22(29)25(19)14-18-7-4-12-30-18/h1-12,19H,13-14H2,(H,24,27). The third-order valence-electron chi connectivity index (χ3n) is 4.75. The molecule has 2 heterocycles. The van der Waals surface area contributed by atoms with Gasteiger partial charge in [0.1, 0.15) is 17.6 Å². The fraction of sp³-hybridized carbons (Fsp3) is 0.136. The van der Waals surface area contributed by atoms with Gasteiger partial charge in [-0.1, -0.05) is 18.2 Å². The largest absolute Gasteiger partial charge is 0.467 e. The Balaban J connectivity index is 1.57. The van der Waals surface area contributed by atoms with Gasteiger partial charge in [0.25, 0.3) is 5.91 Å². The number of anilines is 2. The van der Waals surface area contributed by atoms with E-state index in [1.807, 2.05) is 0 Å². The maximum absolute atomic E-state index is 13.1. The molecule has 1 aromatic heterocycles. The summed E-state index contributed by atoms with van der Waals surface area (Å²) in [7, 11) is 0. The summed E-state index contributed by atoms with van der Waals surface area (Å²) in [5, 5.41) is 2.63. The zero-order valence-electron chi connectivity index (χ0n) is 15.8. The summed E-state index contributed by atoms with van der Waals surface area (Å²) in [6.45, 7) is 0.0510. The fourth-order valence-corrected chi connectivity index (χ4v) is 3.32. The molecule has 1 aliphatic rings. The first-order valence-electron chi connectivity index (χ1n) is 9.30. The highest BCUT2D eigenvalue weighted by atomic mass is 19.1. The van der Waals surface area contributed by atoms with E-state index < -0.39 is 29.7 Å². The number of para-hydroxylation sites is 1. The third kappa shape index (κ3) is 3.93. The first-order valence-corrected chi connectivity index (χ1v) is 9.30. The number of nitrogens with one attached hydrogen (secondary N) is 1. The number of benzene rings is 2. The highest BCUT2D eigenvalue weighted by molar-refractivity contribution is 6.22. The van der Waals surface area contributed by atoms with E-state index in [0.29, 0.717) is 17.1 Å². The van der Waals surface area contributed by atoms with E-state index >= 15 is 0 Å². The number of carbonyl (C=O) groups excluding carboxylic acids is 3. The fourth-order valence-electron chi connectivity index (χ4n) is 3.32. The molecule has 4 amide bonds. The van der Waals surface area contributed by atoms with Crippen LogP contribution in [0.5, 0.6) is 0 Å². The molecule has 4 rings (SSSR count). The van der Waals surface area contributed by atoms with Crippen LogP contribution in [0, 0.1) is 5.82 Å². The predicted octanol–water partition coefficient (Wildman–Crippen LogP) is 3.78. The molecule has 3 aromatic rings. The normalized spacial score (nSPS) is 16.2. The number of hydrogen-bond acceptors (Lipinski definition) is 4. The van der Waals surface area contributed by atoms with Gasteiger partial charge in [-0.05, 0) is 48.5 Å². The van der Waals surface area contributed by atoms with Gasteiger partial charge in [0.2, 0.25) is 5.91 Å². The topological polar surface area (TPSA) is 82.9 Å². The van der Waals surface area contributed by atoms with Gasteiger partial charge >= 0.3 is 6.03 Å². The molecule has 0 saturated carbocycles. The van der Waals surface area contributed by atoms with Crippen LogP contribution in [0.2, 0.25) is 0 Å². The molecule has 152 valence electrons. The molecule has 8 heteroatoms. The van der Waals surface area contributed by atoms with Crippen molar-refractivity contribution in [2.24, 2.45) is 0 Å². The van der Waals surface area contributed by atoms with Crippen molar-refractivity contribution in [3.63, 3.8) is 0 Å². The summed E-state index contributed by atoms with van der Waals surface area (Å²) in [6.07, 6.45) is 1.23. The Kier molecular flexibility index (Phi) is 5.30. The minimum atomic E-state index is -0.997. The molecule has 1 aliphatic heterocycles. The Labute approximate surface area is 171 Å². The second-order valence-corrected chi connectivity index (χ2v) is 6.77. The number of nitrogens with zero attached hydrogens (tertiary/aromatic N) is 2. The van der Waals surface area contributed by atoms with Gasteiger partial charge in [0.15, 0.2) is 0 Å². The van der Waals surface area contributed by atoms with E-state index in [1.165, 1.54) is 35.4 Å². The molecule has 0 spiro atoms. The third-order valence-corrected chi connectivity index (χ3v) is 4.75. The summed E-state index contributed by atoms with van der Waals surface area (Å²) < 4.78 is 18.4. The van der Waals surface area contributed by atoms with Gasteiger partial charge in [-0.15, -0.1) is 0 Å². The summed E-state index contributed by atoms with van der Waals surface area (Å²) in [5.41, 5.74) is 0.828. The zero-order valence-corrected chi connectivity index (χ0v) is 15.8. The van der Waals surface area contributed by atoms with Crippen molar-refractivity contribution in [3.8, 4) is 0 Å². The highest BCUT2D eigenvalue weighted by Gasteiger charge is 2.46. The van der Waals surface area contributed by atoms with Crippen LogP contribution in [0.15, 0.2) is 77.4 Å². The molecule has 2 aromatic carbocycles. The van der Waals surface area contributed by atoms with Crippen LogP contribution >= 0.6 is 0 Å². The van der Waals surface area contributed by atoms with Crippen LogP contribution in [0.25, 0.3) is 0 Å². The van der Waals surface area contributed by atoms with Crippen LogP contribution in [0.3, 0.4) is 0 Å². The Hall–Kier alpha value is -3.94. The molecule has 0 aliphatic carbocycles. The summed E-state index contributed by atoms with van der Waals surface area (Å²) in [6, 6.07) is 15.7. The molecule has 1 unspecified atom stereocenters. The average Bonchev–Trinajstić information content (AvgIpc) is 3.33. The smallest absolute Gasteiger partial charge is 0.332 e. The van der Waals surface area contributed by atoms with Crippen LogP contribution in [0.1, 0.15) is 12.2 Å². The number of furan rings is 1. The van der Waals surface area contributed by atoms with Crippen molar-refractivity contribution in [1.82, 2.24) is 4.90 Å². The van der Waals surface area contributed by atoms with Gasteiger partial charge in [-0.3, -0.25) is 9.59 Å². The average molecular weight is 407 g/mol. The first kappa shape index (κ1) is 19.4. The van der Waals surface area contributed by atoms with Crippen molar-refractivity contribution in [2.75, 3.05) is 10.2 Å². The first-order chi connectivity index (χ1) is 14.5. The van der Waals surface area contributed by atoms with Crippen LogP contribution in [-0.2, 0) is 16.1 Å². The lowest BCUT2D eigenvalue weighted by atomic mass is 10.1. The molecule has 1 saturated heterocycles. The van der Waals surface area contributed by atoms with Crippen molar-refractivity contribution in [2.45, 2.75) is 19.0 Å². The van der Waals surface area contributed by atoms with Gasteiger partial charge in [0, 0.05) is 5.69 Å². The molecule has 30 heavy (non-hydrogen) atoms. The van der Waals surface area contributed by atoms with E-state index in [4.69, 9.17) is 4.42 Å². The van der Waals surface area contributed by atoms with E-state index in [-0.39, 0.29) is 13.0 Å². The van der Waals surface area contributed by atoms with Gasteiger partial charge < -0.3 is 14.6 Å². The Morgan fingerprint density at radius 1 is 1.00 bits per heavy atom. The second kappa shape index (κ2) is 8.20. The number of halogens is 1. The maximum Gasteiger partial charge on any atom is 0.332 e. The molecular formula is C22H18FN3O4. The Morgan fingerprint density at radius 2 is 1.73 bits per heavy atom. The Morgan fingerprint density at radius 3 is 2.40 bits per heavy atom. The zero-order chi connectivity index (χ0) is 21.1. The molecular weight excluding hydrogens is 389 g/mol. The molecule has 0 radical (unpaired) electrons. The summed E-state index contributed by atoms with van der Waals surface area (Å²) in [5.74, 6) is -0.887. The second-order valence-electron chi connectivity index (χ2n) is 6.77. The number of rotatable bonds is 6. The van der Waals surface area contributed by atoms with Crippen LogP contribution < -0.4 is 10.2 Å². The molecule has 1 fully saturated rings.